The van der Waals surface area contributed by atoms with Gasteiger partial charge in [0.05, 0.1) is 7.11 Å². The molecule has 0 aliphatic heterocycles. The highest BCUT2D eigenvalue weighted by Crippen LogP contribution is 2.20. The quantitative estimate of drug-likeness (QED) is 0.576. The Morgan fingerprint density at radius 3 is 2.78 bits per heavy atom. The number of esters is 1. The molecule has 0 aromatic heterocycles. The number of rotatable bonds is 6. The number of ether oxygens (including phenoxy) is 2. The van der Waals surface area contributed by atoms with Crippen molar-refractivity contribution in [3.05, 3.63) is 35.1 Å². The molecule has 0 fully saturated rings. The first-order chi connectivity index (χ1) is 8.56. The topological polar surface area (TPSA) is 52.6 Å². The van der Waals surface area contributed by atoms with E-state index in [0.29, 0.717) is 24.0 Å². The molecule has 0 amide bonds. The summed E-state index contributed by atoms with van der Waals surface area (Å²) in [5.41, 5.74) is 1.22. The van der Waals surface area contributed by atoms with E-state index in [1.165, 1.54) is 19.2 Å². The standard InChI is InChI=1S/C13H15FO4/c1-9(18-8-15)11-5-10(6-12(14)7-11)3-4-13(16)17-2/h5-9H,3-4H2,1-2H3. The lowest BCUT2D eigenvalue weighted by atomic mass is 10.0. The summed E-state index contributed by atoms with van der Waals surface area (Å²) in [6.07, 6.45) is 0.0446. The molecule has 0 spiro atoms. The van der Waals surface area contributed by atoms with Gasteiger partial charge in [0, 0.05) is 6.42 Å². The van der Waals surface area contributed by atoms with Crippen molar-refractivity contribution in [2.75, 3.05) is 7.11 Å². The van der Waals surface area contributed by atoms with Crippen molar-refractivity contribution in [3.63, 3.8) is 0 Å². The van der Waals surface area contributed by atoms with Crippen LogP contribution in [0.1, 0.15) is 30.6 Å². The first kappa shape index (κ1) is 14.2. The molecule has 0 heterocycles. The van der Waals surface area contributed by atoms with E-state index >= 15 is 0 Å². The van der Waals surface area contributed by atoms with Crippen LogP contribution in [-0.2, 0) is 25.5 Å². The molecular weight excluding hydrogens is 239 g/mol. The molecule has 98 valence electrons. The monoisotopic (exact) mass is 254 g/mol. The molecule has 0 N–H and O–H groups in total. The van der Waals surface area contributed by atoms with Crippen molar-refractivity contribution in [1.29, 1.82) is 0 Å². The van der Waals surface area contributed by atoms with E-state index in [2.05, 4.69) is 4.74 Å². The van der Waals surface area contributed by atoms with Gasteiger partial charge < -0.3 is 9.47 Å². The summed E-state index contributed by atoms with van der Waals surface area (Å²) in [4.78, 5) is 21.2. The highest BCUT2D eigenvalue weighted by atomic mass is 19.1. The molecule has 0 aliphatic rings. The number of carbonyl (C=O) groups excluding carboxylic acids is 2. The summed E-state index contributed by atoms with van der Waals surface area (Å²) in [5, 5.41) is 0. The molecule has 0 aliphatic carbocycles. The smallest absolute Gasteiger partial charge is 0.305 e. The maximum atomic E-state index is 13.4. The maximum absolute atomic E-state index is 13.4. The number of hydrogen-bond acceptors (Lipinski definition) is 4. The predicted molar refractivity (Wildman–Crippen MR) is 62.3 cm³/mol. The molecule has 0 saturated carbocycles. The van der Waals surface area contributed by atoms with Gasteiger partial charge in [0.2, 0.25) is 0 Å². The normalized spacial score (nSPS) is 11.7. The fourth-order valence-electron chi connectivity index (χ4n) is 1.56. The third-order valence-electron chi connectivity index (χ3n) is 2.55. The van der Waals surface area contributed by atoms with Gasteiger partial charge in [-0.2, -0.15) is 0 Å². The van der Waals surface area contributed by atoms with Crippen molar-refractivity contribution >= 4 is 12.4 Å². The van der Waals surface area contributed by atoms with Crippen LogP contribution in [0, 0.1) is 5.82 Å². The van der Waals surface area contributed by atoms with Crippen molar-refractivity contribution in [1.82, 2.24) is 0 Å². The van der Waals surface area contributed by atoms with Gasteiger partial charge in [-0.1, -0.05) is 6.07 Å². The lowest BCUT2D eigenvalue weighted by Gasteiger charge is -2.11. The number of carbonyl (C=O) groups is 2. The van der Waals surface area contributed by atoms with Crippen LogP contribution in [0.3, 0.4) is 0 Å². The Bertz CT molecular complexity index is 431. The van der Waals surface area contributed by atoms with E-state index in [1.54, 1.807) is 13.0 Å². The van der Waals surface area contributed by atoms with Crippen LogP contribution in [0.25, 0.3) is 0 Å². The molecule has 1 atom stereocenters. The number of benzene rings is 1. The van der Waals surface area contributed by atoms with Gasteiger partial charge >= 0.3 is 5.97 Å². The minimum Gasteiger partial charge on any atom is -0.469 e. The lowest BCUT2D eigenvalue weighted by Crippen LogP contribution is -2.04. The summed E-state index contributed by atoms with van der Waals surface area (Å²) < 4.78 is 22.6. The predicted octanol–water partition coefficient (Wildman–Crippen LogP) is 2.17. The van der Waals surface area contributed by atoms with E-state index < -0.39 is 11.9 Å². The van der Waals surface area contributed by atoms with Crippen LogP contribution in [0.5, 0.6) is 0 Å². The third kappa shape index (κ3) is 4.16. The van der Waals surface area contributed by atoms with E-state index in [-0.39, 0.29) is 12.4 Å². The Hall–Kier alpha value is -1.91. The van der Waals surface area contributed by atoms with Gasteiger partial charge in [0.1, 0.15) is 11.9 Å². The van der Waals surface area contributed by atoms with Crippen LogP contribution in [0.4, 0.5) is 4.39 Å². The average molecular weight is 254 g/mol. The van der Waals surface area contributed by atoms with E-state index in [1.807, 2.05) is 0 Å². The van der Waals surface area contributed by atoms with Crippen molar-refractivity contribution in [2.45, 2.75) is 25.9 Å². The van der Waals surface area contributed by atoms with Crippen LogP contribution >= 0.6 is 0 Å². The number of halogens is 1. The molecular formula is C13H15FO4. The second kappa shape index (κ2) is 6.74. The largest absolute Gasteiger partial charge is 0.469 e. The average Bonchev–Trinajstić information content (AvgIpc) is 2.35. The van der Waals surface area contributed by atoms with Gasteiger partial charge in [-0.25, -0.2) is 4.39 Å². The van der Waals surface area contributed by atoms with Crippen LogP contribution in [0.15, 0.2) is 18.2 Å². The lowest BCUT2D eigenvalue weighted by molar-refractivity contribution is -0.140. The second-order valence-electron chi connectivity index (χ2n) is 3.84. The summed E-state index contributed by atoms with van der Waals surface area (Å²) in [6.45, 7) is 1.97. The summed E-state index contributed by atoms with van der Waals surface area (Å²) in [5.74, 6) is -0.772. The highest BCUT2D eigenvalue weighted by Gasteiger charge is 2.10. The maximum Gasteiger partial charge on any atom is 0.305 e. The fourth-order valence-corrected chi connectivity index (χ4v) is 1.56. The summed E-state index contributed by atoms with van der Waals surface area (Å²) in [7, 11) is 1.30. The van der Waals surface area contributed by atoms with Crippen LogP contribution in [0.2, 0.25) is 0 Å². The van der Waals surface area contributed by atoms with Gasteiger partial charge in [-0.3, -0.25) is 9.59 Å². The molecule has 18 heavy (non-hydrogen) atoms. The molecule has 1 aromatic rings. The molecule has 4 nitrogen and oxygen atoms in total. The van der Waals surface area contributed by atoms with Crippen LogP contribution < -0.4 is 0 Å². The Morgan fingerprint density at radius 2 is 2.17 bits per heavy atom. The Kier molecular flexibility index (Phi) is 5.30. The van der Waals surface area contributed by atoms with E-state index in [4.69, 9.17) is 4.74 Å². The zero-order chi connectivity index (χ0) is 13.5. The minimum absolute atomic E-state index is 0.183. The Balaban J connectivity index is 2.80. The zero-order valence-electron chi connectivity index (χ0n) is 10.3. The van der Waals surface area contributed by atoms with E-state index in [9.17, 15) is 14.0 Å². The molecule has 1 aromatic carbocycles. The molecule has 1 rings (SSSR count). The zero-order valence-corrected chi connectivity index (χ0v) is 10.3. The van der Waals surface area contributed by atoms with Crippen molar-refractivity contribution in [2.24, 2.45) is 0 Å². The van der Waals surface area contributed by atoms with Crippen molar-refractivity contribution in [3.8, 4) is 0 Å². The SMILES string of the molecule is COC(=O)CCc1cc(F)cc(C(C)OC=O)c1. The first-order valence-corrected chi connectivity index (χ1v) is 5.52. The van der Waals surface area contributed by atoms with Gasteiger partial charge in [-0.15, -0.1) is 0 Å². The molecule has 0 radical (unpaired) electrons. The van der Waals surface area contributed by atoms with Crippen molar-refractivity contribution < 1.29 is 23.5 Å². The minimum atomic E-state index is -0.518. The first-order valence-electron chi connectivity index (χ1n) is 5.52. The van der Waals surface area contributed by atoms with Crippen LogP contribution in [-0.4, -0.2) is 19.6 Å². The third-order valence-corrected chi connectivity index (χ3v) is 2.55. The Labute approximate surface area is 105 Å². The molecule has 5 heteroatoms. The number of hydrogen-bond donors (Lipinski definition) is 0. The van der Waals surface area contributed by atoms with Gasteiger partial charge in [0.25, 0.3) is 6.47 Å². The number of methoxy groups -OCH3 is 1. The van der Waals surface area contributed by atoms with E-state index in [0.717, 1.165) is 0 Å². The molecule has 0 saturated heterocycles. The molecule has 1 unspecified atom stereocenters. The molecule has 0 bridgehead atoms. The number of aryl methyl sites for hydroxylation is 1. The van der Waals surface area contributed by atoms with Gasteiger partial charge in [0.15, 0.2) is 0 Å². The van der Waals surface area contributed by atoms with Gasteiger partial charge in [-0.05, 0) is 36.6 Å². The summed E-state index contributed by atoms with van der Waals surface area (Å²) in [6, 6.07) is 4.36. The fraction of sp³-hybridized carbons (Fsp3) is 0.385. The highest BCUT2D eigenvalue weighted by molar-refractivity contribution is 5.69. The Morgan fingerprint density at radius 1 is 1.44 bits per heavy atom. The second-order valence-corrected chi connectivity index (χ2v) is 3.84. The summed E-state index contributed by atoms with van der Waals surface area (Å²) >= 11 is 0.